The van der Waals surface area contributed by atoms with Crippen molar-refractivity contribution < 1.29 is 23.8 Å². The summed E-state index contributed by atoms with van der Waals surface area (Å²) in [5.74, 6) is 0.566. The fraction of sp³-hybridized carbons (Fsp3) is 0.154. The highest BCUT2D eigenvalue weighted by Crippen LogP contribution is 2.35. The summed E-state index contributed by atoms with van der Waals surface area (Å²) in [7, 11) is 2.86. The number of halogens is 1. The van der Waals surface area contributed by atoms with Crippen molar-refractivity contribution in [2.45, 2.75) is 12.6 Å². The van der Waals surface area contributed by atoms with Gasteiger partial charge in [0.25, 0.3) is 0 Å². The van der Waals surface area contributed by atoms with Gasteiger partial charge in [-0.2, -0.15) is 0 Å². The predicted molar refractivity (Wildman–Crippen MR) is 129 cm³/mol. The molecule has 4 rings (SSSR count). The molecule has 1 heterocycles. The summed E-state index contributed by atoms with van der Waals surface area (Å²) in [5, 5.41) is 5.88. The molecule has 0 aromatic heterocycles. The van der Waals surface area contributed by atoms with E-state index < -0.39 is 18.0 Å². The van der Waals surface area contributed by atoms with Gasteiger partial charge in [-0.1, -0.05) is 48.0 Å². The first-order valence-electron chi connectivity index (χ1n) is 10.5. The second-order valence-electron chi connectivity index (χ2n) is 7.50. The minimum atomic E-state index is -0.779. The fourth-order valence-corrected chi connectivity index (χ4v) is 3.92. The molecule has 0 radical (unpaired) electrons. The zero-order chi connectivity index (χ0) is 24.1. The number of carbonyl (C=O) groups excluding carboxylic acids is 2. The number of carbonyl (C=O) groups is 2. The highest BCUT2D eigenvalue weighted by Gasteiger charge is 2.34. The van der Waals surface area contributed by atoms with Crippen molar-refractivity contribution in [3.8, 4) is 11.5 Å². The topological polar surface area (TPSA) is 85.9 Å². The minimum Gasteiger partial charge on any atom is -0.497 e. The van der Waals surface area contributed by atoms with Crippen molar-refractivity contribution in [2.75, 3.05) is 14.2 Å². The Kier molecular flexibility index (Phi) is 7.04. The lowest BCUT2D eigenvalue weighted by Crippen LogP contribution is -2.45. The van der Waals surface area contributed by atoms with Crippen LogP contribution >= 0.6 is 11.6 Å². The number of rotatable bonds is 7. The maximum absolute atomic E-state index is 12.8. The van der Waals surface area contributed by atoms with Crippen LogP contribution in [0.1, 0.15) is 22.7 Å². The summed E-state index contributed by atoms with van der Waals surface area (Å²) in [5.41, 5.74) is 2.85. The highest BCUT2D eigenvalue weighted by molar-refractivity contribution is 6.32. The van der Waals surface area contributed by atoms with Gasteiger partial charge in [-0.3, -0.25) is 0 Å². The molecule has 8 heteroatoms. The van der Waals surface area contributed by atoms with E-state index in [2.05, 4.69) is 10.6 Å². The van der Waals surface area contributed by atoms with Gasteiger partial charge < -0.3 is 24.8 Å². The Balaban J connectivity index is 1.68. The van der Waals surface area contributed by atoms with Crippen LogP contribution in [-0.4, -0.2) is 26.2 Å². The highest BCUT2D eigenvalue weighted by atomic mass is 35.5. The number of ether oxygens (including phenoxy) is 3. The van der Waals surface area contributed by atoms with E-state index in [0.29, 0.717) is 40.0 Å². The van der Waals surface area contributed by atoms with Crippen molar-refractivity contribution in [1.29, 1.82) is 0 Å². The molecule has 0 saturated carbocycles. The number of nitrogens with one attached hydrogen (secondary N) is 2. The Bertz CT molecular complexity index is 1230. The maximum atomic E-state index is 12.8. The van der Waals surface area contributed by atoms with Gasteiger partial charge in [0.15, 0.2) is 0 Å². The van der Waals surface area contributed by atoms with Gasteiger partial charge in [0, 0.05) is 0 Å². The zero-order valence-corrected chi connectivity index (χ0v) is 19.4. The summed E-state index contributed by atoms with van der Waals surface area (Å²) in [6.45, 7) is 0.360. The SMILES string of the molecule is COC(=O)C1=C(c2ccc(OC)cc2)NC(=O)NC1c1ccc(OCc2ccccc2)c(Cl)c1. The summed E-state index contributed by atoms with van der Waals surface area (Å²) < 4.78 is 16.1. The van der Waals surface area contributed by atoms with E-state index in [9.17, 15) is 9.59 Å². The van der Waals surface area contributed by atoms with Gasteiger partial charge in [0.05, 0.1) is 36.6 Å². The molecular weight excluding hydrogens is 456 g/mol. The van der Waals surface area contributed by atoms with Crippen LogP contribution in [0.4, 0.5) is 4.79 Å². The first-order valence-corrected chi connectivity index (χ1v) is 10.9. The molecule has 0 saturated heterocycles. The quantitative estimate of drug-likeness (QED) is 0.473. The lowest BCUT2D eigenvalue weighted by molar-refractivity contribution is -0.136. The fourth-order valence-electron chi connectivity index (χ4n) is 3.68. The minimum absolute atomic E-state index is 0.251. The third-order valence-corrected chi connectivity index (χ3v) is 5.68. The second-order valence-corrected chi connectivity index (χ2v) is 7.91. The molecule has 2 amide bonds. The Morgan fingerprint density at radius 2 is 1.74 bits per heavy atom. The molecule has 0 fully saturated rings. The van der Waals surface area contributed by atoms with Crippen molar-refractivity contribution in [2.24, 2.45) is 0 Å². The van der Waals surface area contributed by atoms with Crippen molar-refractivity contribution in [1.82, 2.24) is 10.6 Å². The molecule has 34 heavy (non-hydrogen) atoms. The van der Waals surface area contributed by atoms with E-state index in [1.54, 1.807) is 49.6 Å². The van der Waals surface area contributed by atoms with Gasteiger partial charge in [0.1, 0.15) is 18.1 Å². The first kappa shape index (κ1) is 23.2. The van der Waals surface area contributed by atoms with E-state index in [-0.39, 0.29) is 5.57 Å². The average Bonchev–Trinajstić information content (AvgIpc) is 2.87. The molecule has 0 aliphatic carbocycles. The zero-order valence-electron chi connectivity index (χ0n) is 18.6. The molecule has 0 bridgehead atoms. The standard InChI is InChI=1S/C26H23ClN2O5/c1-32-19-11-8-17(9-12-19)23-22(25(30)33-2)24(29-26(31)28-23)18-10-13-21(20(27)14-18)34-15-16-6-4-3-5-7-16/h3-14,24H,15H2,1-2H3,(H2,28,29,31). The molecule has 3 aromatic rings. The number of urea groups is 1. The third-order valence-electron chi connectivity index (χ3n) is 5.38. The molecule has 3 aromatic carbocycles. The largest absolute Gasteiger partial charge is 0.497 e. The lowest BCUT2D eigenvalue weighted by atomic mass is 9.92. The molecule has 7 nitrogen and oxygen atoms in total. The van der Waals surface area contributed by atoms with Crippen LogP contribution in [0.3, 0.4) is 0 Å². The van der Waals surface area contributed by atoms with E-state index in [0.717, 1.165) is 5.56 Å². The number of esters is 1. The van der Waals surface area contributed by atoms with E-state index in [1.807, 2.05) is 30.3 Å². The van der Waals surface area contributed by atoms with E-state index in [1.165, 1.54) is 7.11 Å². The molecular formula is C26H23ClN2O5. The smallest absolute Gasteiger partial charge is 0.338 e. The first-order chi connectivity index (χ1) is 16.5. The molecule has 2 N–H and O–H groups in total. The second kappa shape index (κ2) is 10.3. The Labute approximate surface area is 202 Å². The Morgan fingerprint density at radius 3 is 2.38 bits per heavy atom. The molecule has 1 aliphatic heterocycles. The van der Waals surface area contributed by atoms with Gasteiger partial charge in [-0.15, -0.1) is 0 Å². The molecule has 1 unspecified atom stereocenters. The van der Waals surface area contributed by atoms with Crippen LogP contribution in [0.25, 0.3) is 5.70 Å². The number of hydrogen-bond donors (Lipinski definition) is 2. The number of benzene rings is 3. The van der Waals surface area contributed by atoms with Gasteiger partial charge in [-0.05, 0) is 53.1 Å². The van der Waals surface area contributed by atoms with E-state index in [4.69, 9.17) is 25.8 Å². The molecule has 174 valence electrons. The molecule has 0 spiro atoms. The molecule has 1 atom stereocenters. The van der Waals surface area contributed by atoms with E-state index >= 15 is 0 Å². The van der Waals surface area contributed by atoms with Crippen LogP contribution in [-0.2, 0) is 16.1 Å². The summed E-state index contributed by atoms with van der Waals surface area (Å²) >= 11 is 6.50. The van der Waals surface area contributed by atoms with Gasteiger partial charge >= 0.3 is 12.0 Å². The van der Waals surface area contributed by atoms with Crippen LogP contribution < -0.4 is 20.1 Å². The molecule has 1 aliphatic rings. The predicted octanol–water partition coefficient (Wildman–Crippen LogP) is 4.87. The van der Waals surface area contributed by atoms with Crippen LogP contribution in [0, 0.1) is 0 Å². The lowest BCUT2D eigenvalue weighted by Gasteiger charge is -2.29. The van der Waals surface area contributed by atoms with Gasteiger partial charge in [-0.25, -0.2) is 9.59 Å². The summed E-state index contributed by atoms with van der Waals surface area (Å²) in [6, 6.07) is 20.7. The summed E-state index contributed by atoms with van der Waals surface area (Å²) in [4.78, 5) is 25.4. The Hall–Kier alpha value is -3.97. The third kappa shape index (κ3) is 5.00. The number of amides is 2. The van der Waals surface area contributed by atoms with Crippen molar-refractivity contribution in [3.63, 3.8) is 0 Å². The monoisotopic (exact) mass is 478 g/mol. The van der Waals surface area contributed by atoms with Crippen molar-refractivity contribution in [3.05, 3.63) is 100 Å². The number of hydrogen-bond acceptors (Lipinski definition) is 5. The normalized spacial score (nSPS) is 15.3. The Morgan fingerprint density at radius 1 is 1.00 bits per heavy atom. The summed E-state index contributed by atoms with van der Waals surface area (Å²) in [6.07, 6.45) is 0. The average molecular weight is 479 g/mol. The number of methoxy groups -OCH3 is 2. The van der Waals surface area contributed by atoms with Crippen molar-refractivity contribution >= 4 is 29.3 Å². The van der Waals surface area contributed by atoms with Crippen LogP contribution in [0.15, 0.2) is 78.4 Å². The maximum Gasteiger partial charge on any atom is 0.338 e. The van der Waals surface area contributed by atoms with Gasteiger partial charge in [0.2, 0.25) is 0 Å². The van der Waals surface area contributed by atoms with Crippen LogP contribution in [0.5, 0.6) is 11.5 Å². The van der Waals surface area contributed by atoms with Crippen LogP contribution in [0.2, 0.25) is 5.02 Å².